The van der Waals surface area contributed by atoms with Gasteiger partial charge in [-0.25, -0.2) is 9.59 Å². The second-order valence-electron chi connectivity index (χ2n) is 8.16. The summed E-state index contributed by atoms with van der Waals surface area (Å²) in [7, 11) is 0. The van der Waals surface area contributed by atoms with Crippen LogP contribution < -0.4 is 10.6 Å². The molecule has 34 heavy (non-hydrogen) atoms. The van der Waals surface area contributed by atoms with Crippen molar-refractivity contribution in [3.8, 4) is 0 Å². The zero-order valence-corrected chi connectivity index (χ0v) is 20.3. The topological polar surface area (TPSA) is 137 Å². The number of benzene rings is 1. The van der Waals surface area contributed by atoms with Crippen molar-refractivity contribution in [2.24, 2.45) is 5.92 Å². The first-order chi connectivity index (χ1) is 16.0. The molecule has 0 spiro atoms. The highest BCUT2D eigenvalue weighted by Gasteiger charge is 2.39. The van der Waals surface area contributed by atoms with Crippen LogP contribution in [-0.4, -0.2) is 42.0 Å². The van der Waals surface area contributed by atoms with Crippen molar-refractivity contribution in [3.63, 3.8) is 0 Å². The maximum absolute atomic E-state index is 13.5. The molecule has 1 aromatic carbocycles. The van der Waals surface area contributed by atoms with Crippen LogP contribution in [-0.2, 0) is 23.9 Å². The summed E-state index contributed by atoms with van der Waals surface area (Å²) in [5.41, 5.74) is 1.43. The Labute approximate surface area is 198 Å². The molecule has 0 aliphatic carbocycles. The molecule has 184 valence electrons. The predicted molar refractivity (Wildman–Crippen MR) is 124 cm³/mol. The smallest absolute Gasteiger partial charge is 0.336 e. The van der Waals surface area contributed by atoms with Crippen LogP contribution in [0.2, 0.25) is 0 Å². The number of esters is 2. The second-order valence-corrected chi connectivity index (χ2v) is 8.16. The number of dihydropyridines is 1. The fourth-order valence-corrected chi connectivity index (χ4v) is 3.87. The molecule has 1 aliphatic rings. The van der Waals surface area contributed by atoms with Gasteiger partial charge < -0.3 is 20.1 Å². The van der Waals surface area contributed by atoms with E-state index in [2.05, 4.69) is 10.6 Å². The lowest BCUT2D eigenvalue weighted by molar-refractivity contribution is -0.384. The van der Waals surface area contributed by atoms with Gasteiger partial charge in [0.25, 0.3) is 11.6 Å². The molecule has 2 atom stereocenters. The molecule has 0 unspecified atom stereocenters. The van der Waals surface area contributed by atoms with Crippen molar-refractivity contribution in [3.05, 3.63) is 62.5 Å². The first-order valence-electron chi connectivity index (χ1n) is 11.1. The van der Waals surface area contributed by atoms with Crippen LogP contribution in [0.1, 0.15) is 53.0 Å². The van der Waals surface area contributed by atoms with E-state index in [9.17, 15) is 24.5 Å². The fourth-order valence-electron chi connectivity index (χ4n) is 3.87. The minimum atomic E-state index is -0.949. The van der Waals surface area contributed by atoms with Gasteiger partial charge in [-0.2, -0.15) is 0 Å². The van der Waals surface area contributed by atoms with Gasteiger partial charge in [-0.05, 0) is 39.2 Å². The Hall–Kier alpha value is -3.69. The average Bonchev–Trinajstić information content (AvgIpc) is 2.76. The van der Waals surface area contributed by atoms with E-state index < -0.39 is 34.7 Å². The summed E-state index contributed by atoms with van der Waals surface area (Å²) in [6.07, 6.45) is 0. The van der Waals surface area contributed by atoms with E-state index in [-0.39, 0.29) is 36.0 Å². The van der Waals surface area contributed by atoms with E-state index in [4.69, 9.17) is 9.47 Å². The number of allylic oxidation sites excluding steroid dienone is 2. The summed E-state index contributed by atoms with van der Waals surface area (Å²) < 4.78 is 10.3. The molecule has 0 saturated heterocycles. The van der Waals surface area contributed by atoms with Gasteiger partial charge in [-0.3, -0.25) is 14.9 Å². The number of carbonyl (C=O) groups is 3. The summed E-state index contributed by atoms with van der Waals surface area (Å²) in [5, 5.41) is 17.2. The third kappa shape index (κ3) is 5.81. The summed E-state index contributed by atoms with van der Waals surface area (Å²) in [5.74, 6) is -3.03. The third-order valence-corrected chi connectivity index (χ3v) is 5.41. The number of nitro benzene ring substituents is 1. The van der Waals surface area contributed by atoms with Crippen LogP contribution in [0.25, 0.3) is 0 Å². The van der Waals surface area contributed by atoms with Gasteiger partial charge in [0.15, 0.2) is 0 Å². The second kappa shape index (κ2) is 11.4. The van der Waals surface area contributed by atoms with Crippen LogP contribution >= 0.6 is 0 Å². The van der Waals surface area contributed by atoms with Gasteiger partial charge in [0, 0.05) is 29.1 Å². The minimum absolute atomic E-state index is 0.111. The summed E-state index contributed by atoms with van der Waals surface area (Å²) in [6, 6.07) is 4.84. The van der Waals surface area contributed by atoms with Crippen molar-refractivity contribution >= 4 is 23.5 Å². The number of non-ortho nitro benzene ring substituents is 1. The Morgan fingerprint density at radius 3 is 2.26 bits per heavy atom. The van der Waals surface area contributed by atoms with Crippen LogP contribution in [0.4, 0.5) is 5.69 Å². The number of hydrogen-bond acceptors (Lipinski definition) is 8. The highest BCUT2D eigenvalue weighted by atomic mass is 16.6. The summed E-state index contributed by atoms with van der Waals surface area (Å²) >= 11 is 0. The number of carbonyl (C=O) groups excluding carboxylic acids is 3. The standard InChI is InChI=1S/C24H31N3O7/c1-7-33-23(29)19-15(6)25-14(5)18(20(19)16-10-9-11-17(12-16)27(31)32)22(28)26-21(13(3)4)24(30)34-8-2/h9-13,20-21,25H,7-8H2,1-6H3,(H,26,28)/t20-,21-/m0/s1. The van der Waals surface area contributed by atoms with Crippen LogP contribution in [0, 0.1) is 16.0 Å². The zero-order chi connectivity index (χ0) is 25.6. The van der Waals surface area contributed by atoms with E-state index in [0.29, 0.717) is 17.0 Å². The maximum atomic E-state index is 13.5. The number of hydrogen-bond donors (Lipinski definition) is 2. The molecule has 0 radical (unpaired) electrons. The van der Waals surface area contributed by atoms with E-state index in [0.717, 1.165) is 0 Å². The molecular weight excluding hydrogens is 442 g/mol. The molecule has 0 fully saturated rings. The van der Waals surface area contributed by atoms with Crippen molar-refractivity contribution in [1.82, 2.24) is 10.6 Å². The Bertz CT molecular complexity index is 1040. The van der Waals surface area contributed by atoms with E-state index in [1.165, 1.54) is 18.2 Å². The Balaban J connectivity index is 2.63. The van der Waals surface area contributed by atoms with Crippen molar-refractivity contribution in [1.29, 1.82) is 0 Å². The molecule has 0 bridgehead atoms. The fraction of sp³-hybridized carbons (Fsp3) is 0.458. The van der Waals surface area contributed by atoms with Gasteiger partial charge in [0.2, 0.25) is 0 Å². The van der Waals surface area contributed by atoms with Gasteiger partial charge in [0.1, 0.15) is 6.04 Å². The normalized spacial score (nSPS) is 16.6. The predicted octanol–water partition coefficient (Wildman–Crippen LogP) is 3.10. The number of rotatable bonds is 9. The maximum Gasteiger partial charge on any atom is 0.336 e. The highest BCUT2D eigenvalue weighted by Crippen LogP contribution is 2.39. The molecule has 2 rings (SSSR count). The Kier molecular flexibility index (Phi) is 8.94. The lowest BCUT2D eigenvalue weighted by Crippen LogP contribution is -2.47. The minimum Gasteiger partial charge on any atom is -0.464 e. The van der Waals surface area contributed by atoms with E-state index in [1.807, 2.05) is 0 Å². The van der Waals surface area contributed by atoms with Gasteiger partial charge >= 0.3 is 11.9 Å². The highest BCUT2D eigenvalue weighted by molar-refractivity contribution is 6.03. The summed E-state index contributed by atoms with van der Waals surface area (Å²) in [4.78, 5) is 49.8. The van der Waals surface area contributed by atoms with E-state index >= 15 is 0 Å². The number of amides is 1. The van der Waals surface area contributed by atoms with Gasteiger partial charge in [-0.15, -0.1) is 0 Å². The van der Waals surface area contributed by atoms with Crippen LogP contribution in [0.3, 0.4) is 0 Å². The Morgan fingerprint density at radius 1 is 1.09 bits per heavy atom. The summed E-state index contributed by atoms with van der Waals surface area (Å²) in [6.45, 7) is 10.5. The van der Waals surface area contributed by atoms with Crippen molar-refractivity contribution in [2.75, 3.05) is 13.2 Å². The first kappa shape index (κ1) is 26.6. The van der Waals surface area contributed by atoms with Gasteiger partial charge in [0.05, 0.1) is 29.6 Å². The third-order valence-electron chi connectivity index (χ3n) is 5.41. The molecule has 1 heterocycles. The lowest BCUT2D eigenvalue weighted by Gasteiger charge is -2.32. The van der Waals surface area contributed by atoms with E-state index in [1.54, 1.807) is 47.6 Å². The SMILES string of the molecule is CCOC(=O)C1=C(C)NC(C)=C(C(=O)N[C@H](C(=O)OCC)C(C)C)[C@@H]1c1cccc([N+](=O)[O-])c1. The van der Waals surface area contributed by atoms with Gasteiger partial charge in [-0.1, -0.05) is 26.0 Å². The molecule has 0 saturated carbocycles. The van der Waals surface area contributed by atoms with Crippen LogP contribution in [0.15, 0.2) is 46.8 Å². The van der Waals surface area contributed by atoms with Crippen molar-refractivity contribution in [2.45, 2.75) is 53.5 Å². The molecule has 10 nitrogen and oxygen atoms in total. The largest absolute Gasteiger partial charge is 0.464 e. The molecule has 0 aromatic heterocycles. The Morgan fingerprint density at radius 2 is 1.71 bits per heavy atom. The number of ether oxygens (including phenoxy) is 2. The average molecular weight is 474 g/mol. The molecule has 1 aromatic rings. The quantitative estimate of drug-likeness (QED) is 0.317. The zero-order valence-electron chi connectivity index (χ0n) is 20.3. The number of nitrogens with one attached hydrogen (secondary N) is 2. The van der Waals surface area contributed by atoms with Crippen molar-refractivity contribution < 1.29 is 28.8 Å². The molecule has 10 heteroatoms. The first-order valence-corrected chi connectivity index (χ1v) is 11.1. The molecule has 1 aliphatic heterocycles. The number of nitrogens with zero attached hydrogens (tertiary/aromatic N) is 1. The van der Waals surface area contributed by atoms with Crippen LogP contribution in [0.5, 0.6) is 0 Å². The molecular formula is C24H31N3O7. The monoisotopic (exact) mass is 473 g/mol. The lowest BCUT2D eigenvalue weighted by atomic mass is 9.79. The number of nitro groups is 1. The molecule has 1 amide bonds. The molecule has 2 N–H and O–H groups in total.